The Bertz CT molecular complexity index is 929. The van der Waals surface area contributed by atoms with E-state index in [1.807, 2.05) is 6.92 Å². The molecule has 27 heavy (non-hydrogen) atoms. The van der Waals surface area contributed by atoms with Crippen LogP contribution in [-0.2, 0) is 6.42 Å². The lowest BCUT2D eigenvalue weighted by atomic mass is 10.2. The van der Waals surface area contributed by atoms with Crippen LogP contribution in [0.2, 0.25) is 5.02 Å². The van der Waals surface area contributed by atoms with Gasteiger partial charge >= 0.3 is 5.97 Å². The van der Waals surface area contributed by atoms with Crippen LogP contribution in [-0.4, -0.2) is 30.0 Å². The van der Waals surface area contributed by atoms with Crippen LogP contribution in [0.25, 0.3) is 5.69 Å². The third-order valence-electron chi connectivity index (χ3n) is 3.95. The van der Waals surface area contributed by atoms with E-state index in [-0.39, 0.29) is 0 Å². The smallest absolute Gasteiger partial charge is 0.345 e. The number of rotatable bonds is 6. The molecule has 0 saturated carbocycles. The molecule has 0 bridgehead atoms. The number of esters is 1. The first-order valence-electron chi connectivity index (χ1n) is 8.34. The maximum absolute atomic E-state index is 12.7. The number of methoxy groups -OCH3 is 2. The Balaban J connectivity index is 1.94. The fourth-order valence-corrected chi connectivity index (χ4v) is 2.63. The largest absolute Gasteiger partial charge is 0.497 e. The Morgan fingerprint density at radius 3 is 2.22 bits per heavy atom. The van der Waals surface area contributed by atoms with Crippen molar-refractivity contribution in [1.82, 2.24) is 9.78 Å². The minimum absolute atomic E-state index is 0.313. The first-order valence-corrected chi connectivity index (χ1v) is 8.72. The lowest BCUT2D eigenvalue weighted by Gasteiger charge is -2.10. The van der Waals surface area contributed by atoms with Crippen molar-refractivity contribution < 1.29 is 19.0 Å². The van der Waals surface area contributed by atoms with Gasteiger partial charge in [0.25, 0.3) is 0 Å². The number of aryl methyl sites for hydroxylation is 1. The van der Waals surface area contributed by atoms with Crippen LogP contribution in [0.4, 0.5) is 0 Å². The number of benzene rings is 2. The van der Waals surface area contributed by atoms with Gasteiger partial charge in [-0.05, 0) is 42.8 Å². The normalized spacial score (nSPS) is 10.5. The number of aromatic nitrogens is 2. The highest BCUT2D eigenvalue weighted by Crippen LogP contribution is 2.26. The highest BCUT2D eigenvalue weighted by atomic mass is 35.5. The Labute approximate surface area is 162 Å². The zero-order chi connectivity index (χ0) is 19.4. The number of nitrogens with zero attached hydrogens (tertiary/aromatic N) is 2. The summed E-state index contributed by atoms with van der Waals surface area (Å²) in [5.41, 5.74) is 1.86. The molecule has 0 fully saturated rings. The van der Waals surface area contributed by atoms with Crippen molar-refractivity contribution in [3.63, 3.8) is 0 Å². The van der Waals surface area contributed by atoms with Gasteiger partial charge in [0.2, 0.25) is 5.88 Å². The molecule has 0 saturated heterocycles. The van der Waals surface area contributed by atoms with Crippen LogP contribution in [0.5, 0.6) is 17.4 Å². The molecule has 3 aromatic rings. The summed E-state index contributed by atoms with van der Waals surface area (Å²) < 4.78 is 17.6. The number of hydrogen-bond donors (Lipinski definition) is 0. The van der Waals surface area contributed by atoms with E-state index in [2.05, 4.69) is 5.10 Å². The average Bonchev–Trinajstić information content (AvgIpc) is 3.10. The monoisotopic (exact) mass is 386 g/mol. The van der Waals surface area contributed by atoms with Crippen LogP contribution in [0.15, 0.2) is 48.5 Å². The molecule has 0 amide bonds. The molecule has 1 heterocycles. The summed E-state index contributed by atoms with van der Waals surface area (Å²) in [4.78, 5) is 12.7. The van der Waals surface area contributed by atoms with Crippen molar-refractivity contribution in [3.8, 4) is 23.1 Å². The summed E-state index contributed by atoms with van der Waals surface area (Å²) in [6.07, 6.45) is 0.706. The van der Waals surface area contributed by atoms with Gasteiger partial charge in [-0.3, -0.25) is 0 Å². The molecule has 0 aliphatic carbocycles. The van der Waals surface area contributed by atoms with Gasteiger partial charge in [0.15, 0.2) is 0 Å². The third-order valence-corrected chi connectivity index (χ3v) is 4.20. The number of carbonyl (C=O) groups excluding carboxylic acids is 1. The summed E-state index contributed by atoms with van der Waals surface area (Å²) in [6, 6.07) is 13.7. The van der Waals surface area contributed by atoms with Crippen molar-refractivity contribution in [1.29, 1.82) is 0 Å². The van der Waals surface area contributed by atoms with E-state index in [4.69, 9.17) is 25.8 Å². The molecule has 0 atom stereocenters. The molecule has 3 rings (SSSR count). The van der Waals surface area contributed by atoms with Crippen molar-refractivity contribution >= 4 is 17.6 Å². The van der Waals surface area contributed by atoms with E-state index in [0.29, 0.717) is 34.4 Å². The van der Waals surface area contributed by atoms with E-state index < -0.39 is 5.97 Å². The maximum atomic E-state index is 12.7. The standard InChI is InChI=1S/C20H19ClN2O4/c1-4-15-11-19(23(22-15)16-7-5-14(21)6-8-16)27-20(24)13-9-17(25-2)12-18(10-13)26-3/h5-12H,4H2,1-3H3. The highest BCUT2D eigenvalue weighted by molar-refractivity contribution is 6.30. The zero-order valence-electron chi connectivity index (χ0n) is 15.2. The molecular weight excluding hydrogens is 368 g/mol. The van der Waals surface area contributed by atoms with Gasteiger partial charge in [-0.1, -0.05) is 18.5 Å². The lowest BCUT2D eigenvalue weighted by molar-refractivity contribution is 0.0722. The van der Waals surface area contributed by atoms with Crippen molar-refractivity contribution in [3.05, 3.63) is 64.8 Å². The van der Waals surface area contributed by atoms with E-state index >= 15 is 0 Å². The van der Waals surface area contributed by atoms with Gasteiger partial charge in [-0.2, -0.15) is 5.10 Å². The van der Waals surface area contributed by atoms with Crippen LogP contribution in [0, 0.1) is 0 Å². The third kappa shape index (κ3) is 4.23. The fraction of sp³-hybridized carbons (Fsp3) is 0.200. The molecule has 6 nitrogen and oxygen atoms in total. The summed E-state index contributed by atoms with van der Waals surface area (Å²) in [7, 11) is 3.04. The van der Waals surface area contributed by atoms with Crippen LogP contribution < -0.4 is 14.2 Å². The van der Waals surface area contributed by atoms with E-state index in [9.17, 15) is 4.79 Å². The summed E-state index contributed by atoms with van der Waals surface area (Å²) >= 11 is 5.95. The minimum Gasteiger partial charge on any atom is -0.497 e. The zero-order valence-corrected chi connectivity index (χ0v) is 16.0. The molecule has 0 spiro atoms. The van der Waals surface area contributed by atoms with Crippen LogP contribution in [0.3, 0.4) is 0 Å². The van der Waals surface area contributed by atoms with Crippen LogP contribution in [0.1, 0.15) is 23.0 Å². The molecular formula is C20H19ClN2O4. The molecule has 7 heteroatoms. The minimum atomic E-state index is -0.537. The molecule has 2 aromatic carbocycles. The second-order valence-corrected chi connectivity index (χ2v) is 6.14. The highest BCUT2D eigenvalue weighted by Gasteiger charge is 2.17. The van der Waals surface area contributed by atoms with Gasteiger partial charge in [0.05, 0.1) is 31.2 Å². The Kier molecular flexibility index (Phi) is 5.66. The molecule has 1 aromatic heterocycles. The Morgan fingerprint density at radius 2 is 1.67 bits per heavy atom. The first kappa shape index (κ1) is 18.8. The topological polar surface area (TPSA) is 62.6 Å². The van der Waals surface area contributed by atoms with Gasteiger partial charge in [-0.25, -0.2) is 9.48 Å². The molecule has 140 valence electrons. The SMILES string of the molecule is CCc1cc(OC(=O)c2cc(OC)cc(OC)c2)n(-c2ccc(Cl)cc2)n1. The second-order valence-electron chi connectivity index (χ2n) is 5.71. The van der Waals surface area contributed by atoms with Gasteiger partial charge in [-0.15, -0.1) is 0 Å². The number of halogens is 1. The molecule has 0 unspecified atom stereocenters. The fourth-order valence-electron chi connectivity index (χ4n) is 2.50. The average molecular weight is 387 g/mol. The van der Waals surface area contributed by atoms with E-state index in [1.165, 1.54) is 14.2 Å². The molecule has 0 radical (unpaired) electrons. The van der Waals surface area contributed by atoms with Gasteiger partial charge in [0.1, 0.15) is 11.5 Å². The number of hydrogen-bond acceptors (Lipinski definition) is 5. The number of carbonyl (C=O) groups is 1. The van der Waals surface area contributed by atoms with Crippen molar-refractivity contribution in [2.75, 3.05) is 14.2 Å². The van der Waals surface area contributed by atoms with E-state index in [0.717, 1.165) is 11.4 Å². The summed E-state index contributed by atoms with van der Waals surface area (Å²) in [6.45, 7) is 1.98. The summed E-state index contributed by atoms with van der Waals surface area (Å²) in [5, 5.41) is 5.10. The molecule has 0 N–H and O–H groups in total. The van der Waals surface area contributed by atoms with Gasteiger partial charge < -0.3 is 14.2 Å². The summed E-state index contributed by atoms with van der Waals surface area (Å²) in [5.74, 6) is 0.787. The predicted octanol–water partition coefficient (Wildman–Crippen LogP) is 4.32. The van der Waals surface area contributed by atoms with Crippen LogP contribution >= 0.6 is 11.6 Å². The quantitative estimate of drug-likeness (QED) is 0.590. The Morgan fingerprint density at radius 1 is 1.04 bits per heavy atom. The second kappa shape index (κ2) is 8.14. The number of ether oxygens (including phenoxy) is 3. The maximum Gasteiger partial charge on any atom is 0.345 e. The predicted molar refractivity (Wildman–Crippen MR) is 102 cm³/mol. The first-order chi connectivity index (χ1) is 13.0. The van der Waals surface area contributed by atoms with E-state index in [1.54, 1.807) is 53.2 Å². The molecule has 0 aliphatic rings. The Hall–Kier alpha value is -2.99. The lowest BCUT2D eigenvalue weighted by Crippen LogP contribution is -2.12. The van der Waals surface area contributed by atoms with Crippen molar-refractivity contribution in [2.24, 2.45) is 0 Å². The molecule has 0 aliphatic heterocycles. The van der Waals surface area contributed by atoms with Crippen molar-refractivity contribution in [2.45, 2.75) is 13.3 Å². The van der Waals surface area contributed by atoms with Gasteiger partial charge in [0, 0.05) is 17.2 Å².